The zero-order valence-corrected chi connectivity index (χ0v) is 10.0. The van der Waals surface area contributed by atoms with Gasteiger partial charge in [0.25, 0.3) is 0 Å². The van der Waals surface area contributed by atoms with Crippen LogP contribution in [-0.2, 0) is 14.3 Å². The molecule has 0 rings (SSSR count). The molecule has 0 aromatic rings. The standard InChI is InChI=1S/C10H20N2O3/c1-6-15-10(14)8(3)11-7(2)9(13)12(4)5/h7-8,11H,6H2,1-5H3. The smallest absolute Gasteiger partial charge is 0.322 e. The summed E-state index contributed by atoms with van der Waals surface area (Å²) in [5, 5.41) is 2.88. The summed E-state index contributed by atoms with van der Waals surface area (Å²) in [7, 11) is 3.35. The van der Waals surface area contributed by atoms with Crippen molar-refractivity contribution in [2.24, 2.45) is 0 Å². The molecule has 0 saturated heterocycles. The fourth-order valence-electron chi connectivity index (χ4n) is 1.17. The Kier molecular flexibility index (Phi) is 5.93. The third-order valence-corrected chi connectivity index (χ3v) is 1.95. The SMILES string of the molecule is CCOC(=O)C(C)NC(C)C(=O)N(C)C. The molecule has 0 radical (unpaired) electrons. The van der Waals surface area contributed by atoms with Crippen LogP contribution in [0, 0.1) is 0 Å². The minimum atomic E-state index is -0.469. The molecule has 0 spiro atoms. The highest BCUT2D eigenvalue weighted by Crippen LogP contribution is 1.94. The molecule has 15 heavy (non-hydrogen) atoms. The van der Waals surface area contributed by atoms with Gasteiger partial charge in [-0.05, 0) is 20.8 Å². The Morgan fingerprint density at radius 2 is 1.80 bits per heavy atom. The van der Waals surface area contributed by atoms with Gasteiger partial charge in [0, 0.05) is 14.1 Å². The van der Waals surface area contributed by atoms with Crippen molar-refractivity contribution in [1.29, 1.82) is 0 Å². The molecule has 5 heteroatoms. The fraction of sp³-hybridized carbons (Fsp3) is 0.800. The van der Waals surface area contributed by atoms with Crippen LogP contribution in [0.1, 0.15) is 20.8 Å². The van der Waals surface area contributed by atoms with Crippen molar-refractivity contribution in [2.75, 3.05) is 20.7 Å². The monoisotopic (exact) mass is 216 g/mol. The highest BCUT2D eigenvalue weighted by atomic mass is 16.5. The molecule has 0 aliphatic rings. The van der Waals surface area contributed by atoms with E-state index in [9.17, 15) is 9.59 Å². The van der Waals surface area contributed by atoms with Gasteiger partial charge in [0.1, 0.15) is 6.04 Å². The van der Waals surface area contributed by atoms with Gasteiger partial charge in [-0.2, -0.15) is 0 Å². The number of carbonyl (C=O) groups is 2. The largest absolute Gasteiger partial charge is 0.465 e. The van der Waals surface area contributed by atoms with Crippen molar-refractivity contribution in [3.8, 4) is 0 Å². The maximum absolute atomic E-state index is 11.5. The van der Waals surface area contributed by atoms with Crippen molar-refractivity contribution >= 4 is 11.9 Å². The molecule has 1 N–H and O–H groups in total. The van der Waals surface area contributed by atoms with E-state index in [0.29, 0.717) is 6.61 Å². The number of rotatable bonds is 5. The number of esters is 1. The highest BCUT2D eigenvalue weighted by molar-refractivity contribution is 5.82. The Balaban J connectivity index is 4.11. The molecule has 0 bridgehead atoms. The molecular weight excluding hydrogens is 196 g/mol. The first kappa shape index (κ1) is 13.9. The van der Waals surface area contributed by atoms with Gasteiger partial charge in [0.2, 0.25) is 5.91 Å². The van der Waals surface area contributed by atoms with Crippen LogP contribution in [0.4, 0.5) is 0 Å². The molecule has 0 fully saturated rings. The van der Waals surface area contributed by atoms with E-state index in [0.717, 1.165) is 0 Å². The van der Waals surface area contributed by atoms with Crippen LogP contribution >= 0.6 is 0 Å². The number of hydrogen-bond donors (Lipinski definition) is 1. The third kappa shape index (κ3) is 4.78. The predicted octanol–water partition coefficient (Wildman–Crippen LogP) is 0.00430. The summed E-state index contributed by atoms with van der Waals surface area (Å²) in [5.41, 5.74) is 0. The average Bonchev–Trinajstić information content (AvgIpc) is 2.16. The first-order valence-corrected chi connectivity index (χ1v) is 5.04. The summed E-state index contributed by atoms with van der Waals surface area (Å²) < 4.78 is 4.82. The molecule has 2 unspecified atom stereocenters. The van der Waals surface area contributed by atoms with Crippen LogP contribution < -0.4 is 5.32 Å². The van der Waals surface area contributed by atoms with E-state index in [2.05, 4.69) is 5.32 Å². The topological polar surface area (TPSA) is 58.6 Å². The fourth-order valence-corrected chi connectivity index (χ4v) is 1.17. The van der Waals surface area contributed by atoms with Gasteiger partial charge >= 0.3 is 5.97 Å². The summed E-state index contributed by atoms with van der Waals surface area (Å²) in [4.78, 5) is 24.2. The van der Waals surface area contributed by atoms with Crippen LogP contribution in [0.2, 0.25) is 0 Å². The van der Waals surface area contributed by atoms with Gasteiger partial charge < -0.3 is 9.64 Å². The van der Waals surface area contributed by atoms with Crippen LogP contribution in [0.25, 0.3) is 0 Å². The van der Waals surface area contributed by atoms with Gasteiger partial charge in [0.05, 0.1) is 12.6 Å². The number of carbonyl (C=O) groups excluding carboxylic acids is 2. The van der Waals surface area contributed by atoms with Crippen molar-refractivity contribution < 1.29 is 14.3 Å². The number of ether oxygens (including phenoxy) is 1. The normalized spacial score (nSPS) is 14.2. The minimum Gasteiger partial charge on any atom is -0.465 e. The summed E-state index contributed by atoms with van der Waals surface area (Å²) in [6.07, 6.45) is 0. The van der Waals surface area contributed by atoms with Crippen molar-refractivity contribution in [1.82, 2.24) is 10.2 Å². The maximum atomic E-state index is 11.5. The van der Waals surface area contributed by atoms with Gasteiger partial charge in [-0.1, -0.05) is 0 Å². The molecule has 1 amide bonds. The molecule has 88 valence electrons. The van der Waals surface area contributed by atoms with Crippen molar-refractivity contribution in [3.63, 3.8) is 0 Å². The summed E-state index contributed by atoms with van der Waals surface area (Å²) in [6.45, 7) is 5.50. The Bertz CT molecular complexity index is 229. The van der Waals surface area contributed by atoms with Crippen LogP contribution in [0.5, 0.6) is 0 Å². The molecule has 0 aliphatic heterocycles. The Labute approximate surface area is 90.8 Å². The molecule has 2 atom stereocenters. The van der Waals surface area contributed by atoms with Crippen LogP contribution in [0.3, 0.4) is 0 Å². The number of hydrogen-bond acceptors (Lipinski definition) is 4. The number of likely N-dealkylation sites (N-methyl/N-ethyl adjacent to an activating group) is 1. The lowest BCUT2D eigenvalue weighted by atomic mass is 10.2. The van der Waals surface area contributed by atoms with Gasteiger partial charge in [-0.25, -0.2) is 0 Å². The predicted molar refractivity (Wildman–Crippen MR) is 57.4 cm³/mol. The highest BCUT2D eigenvalue weighted by Gasteiger charge is 2.21. The summed E-state index contributed by atoms with van der Waals surface area (Å²) >= 11 is 0. The Morgan fingerprint density at radius 3 is 2.20 bits per heavy atom. The first-order valence-electron chi connectivity index (χ1n) is 5.04. The van der Waals surface area contributed by atoms with E-state index in [4.69, 9.17) is 4.74 Å². The quantitative estimate of drug-likeness (QED) is 0.657. The molecule has 5 nitrogen and oxygen atoms in total. The van der Waals surface area contributed by atoms with Gasteiger partial charge in [-0.3, -0.25) is 14.9 Å². The van der Waals surface area contributed by atoms with Gasteiger partial charge in [0.15, 0.2) is 0 Å². The molecule has 0 aromatic heterocycles. The second-order valence-corrected chi connectivity index (χ2v) is 3.59. The lowest BCUT2D eigenvalue weighted by Gasteiger charge is -2.21. The van der Waals surface area contributed by atoms with E-state index in [1.54, 1.807) is 34.9 Å². The molecule has 0 saturated carbocycles. The Morgan fingerprint density at radius 1 is 1.27 bits per heavy atom. The maximum Gasteiger partial charge on any atom is 0.322 e. The first-order chi connectivity index (χ1) is 6.90. The van der Waals surface area contributed by atoms with E-state index >= 15 is 0 Å². The zero-order valence-electron chi connectivity index (χ0n) is 10.0. The number of amides is 1. The number of nitrogens with zero attached hydrogens (tertiary/aromatic N) is 1. The van der Waals surface area contributed by atoms with E-state index in [1.807, 2.05) is 0 Å². The second-order valence-electron chi connectivity index (χ2n) is 3.59. The van der Waals surface area contributed by atoms with Gasteiger partial charge in [-0.15, -0.1) is 0 Å². The van der Waals surface area contributed by atoms with Crippen LogP contribution in [0.15, 0.2) is 0 Å². The van der Waals surface area contributed by atoms with E-state index < -0.39 is 6.04 Å². The second kappa shape index (κ2) is 6.40. The van der Waals surface area contributed by atoms with Crippen LogP contribution in [-0.4, -0.2) is 49.6 Å². The van der Waals surface area contributed by atoms with E-state index in [-0.39, 0.29) is 17.9 Å². The summed E-state index contributed by atoms with van der Waals surface area (Å²) in [5.74, 6) is -0.401. The number of nitrogens with one attached hydrogen (secondary N) is 1. The zero-order chi connectivity index (χ0) is 12.0. The molecular formula is C10H20N2O3. The third-order valence-electron chi connectivity index (χ3n) is 1.95. The van der Waals surface area contributed by atoms with Crippen molar-refractivity contribution in [3.05, 3.63) is 0 Å². The summed E-state index contributed by atoms with van der Waals surface area (Å²) in [6, 6.07) is -0.858. The average molecular weight is 216 g/mol. The minimum absolute atomic E-state index is 0.0638. The van der Waals surface area contributed by atoms with Crippen molar-refractivity contribution in [2.45, 2.75) is 32.9 Å². The lowest BCUT2D eigenvalue weighted by Crippen LogP contribution is -2.48. The molecule has 0 aromatic carbocycles. The molecule has 0 aliphatic carbocycles. The molecule has 0 heterocycles. The van der Waals surface area contributed by atoms with E-state index in [1.165, 1.54) is 4.90 Å². The Hall–Kier alpha value is -1.10. The lowest BCUT2D eigenvalue weighted by molar-refractivity contribution is -0.145.